The Hall–Kier alpha value is -3.84. The molecule has 51 heavy (non-hydrogen) atoms. The molecule has 1 fully saturated rings. The summed E-state index contributed by atoms with van der Waals surface area (Å²) in [4.78, 5) is 42.7. The molecule has 284 valence electrons. The van der Waals surface area contributed by atoms with Crippen LogP contribution in [-0.2, 0) is 27.2 Å². The SMILES string of the molecule is CCNC1CCN(C(=O)[C@@H](NC(=O)[C@H](Cc2ccc(OC(F)(F)F)cc2)C[C@H](O)[C@H](Cc2ccccc2)NC(=O)OC(C)(C)C)[C@@H](C)CC)CC1. The van der Waals surface area contributed by atoms with Crippen LogP contribution >= 0.6 is 0 Å². The van der Waals surface area contributed by atoms with Crippen LogP contribution in [0.15, 0.2) is 54.6 Å². The smallest absolute Gasteiger partial charge is 0.444 e. The van der Waals surface area contributed by atoms with Gasteiger partial charge in [0.2, 0.25) is 11.8 Å². The van der Waals surface area contributed by atoms with E-state index in [2.05, 4.69) is 20.7 Å². The number of amides is 3. The number of aliphatic hydroxyl groups is 1. The molecular formula is C38H55F3N4O6. The first-order valence-electron chi connectivity index (χ1n) is 17.9. The molecule has 1 saturated heterocycles. The molecule has 13 heteroatoms. The highest BCUT2D eigenvalue weighted by molar-refractivity contribution is 5.89. The topological polar surface area (TPSA) is 129 Å². The zero-order chi connectivity index (χ0) is 37.8. The molecule has 3 rings (SSSR count). The molecular weight excluding hydrogens is 665 g/mol. The molecule has 0 radical (unpaired) electrons. The largest absolute Gasteiger partial charge is 0.573 e. The Labute approximate surface area is 299 Å². The number of likely N-dealkylation sites (tertiary alicyclic amines) is 1. The van der Waals surface area contributed by atoms with Crippen molar-refractivity contribution in [1.82, 2.24) is 20.9 Å². The summed E-state index contributed by atoms with van der Waals surface area (Å²) in [7, 11) is 0. The molecule has 2 aromatic carbocycles. The van der Waals surface area contributed by atoms with E-state index < -0.39 is 53.8 Å². The lowest BCUT2D eigenvalue weighted by atomic mass is 9.87. The van der Waals surface area contributed by atoms with Crippen LogP contribution < -0.4 is 20.7 Å². The Balaban J connectivity index is 1.89. The number of ether oxygens (including phenoxy) is 2. The van der Waals surface area contributed by atoms with Crippen molar-refractivity contribution in [3.63, 3.8) is 0 Å². The van der Waals surface area contributed by atoms with E-state index in [9.17, 15) is 32.7 Å². The number of carbonyl (C=O) groups is 3. The highest BCUT2D eigenvalue weighted by atomic mass is 19.4. The van der Waals surface area contributed by atoms with Gasteiger partial charge in [0.15, 0.2) is 0 Å². The van der Waals surface area contributed by atoms with Gasteiger partial charge in [-0.25, -0.2) is 4.79 Å². The van der Waals surface area contributed by atoms with Crippen LogP contribution in [0.5, 0.6) is 5.75 Å². The quantitative estimate of drug-likeness (QED) is 0.174. The van der Waals surface area contributed by atoms with E-state index in [0.29, 0.717) is 31.1 Å². The average Bonchev–Trinajstić information content (AvgIpc) is 3.06. The monoisotopic (exact) mass is 720 g/mol. The van der Waals surface area contributed by atoms with Gasteiger partial charge >= 0.3 is 12.5 Å². The van der Waals surface area contributed by atoms with Gasteiger partial charge in [0.1, 0.15) is 17.4 Å². The van der Waals surface area contributed by atoms with Crippen LogP contribution in [0.3, 0.4) is 0 Å². The van der Waals surface area contributed by atoms with Crippen molar-refractivity contribution in [2.24, 2.45) is 11.8 Å². The summed E-state index contributed by atoms with van der Waals surface area (Å²) >= 11 is 0. The number of rotatable bonds is 16. The first-order chi connectivity index (χ1) is 24.0. The molecule has 0 aromatic heterocycles. The van der Waals surface area contributed by atoms with Gasteiger partial charge in [-0.15, -0.1) is 13.2 Å². The van der Waals surface area contributed by atoms with Crippen LogP contribution in [0.2, 0.25) is 0 Å². The summed E-state index contributed by atoms with van der Waals surface area (Å²) in [5, 5.41) is 20.9. The van der Waals surface area contributed by atoms with Crippen LogP contribution in [0, 0.1) is 11.8 Å². The molecule has 1 heterocycles. The fourth-order valence-electron chi connectivity index (χ4n) is 6.20. The second kappa shape index (κ2) is 19.1. The molecule has 2 aromatic rings. The van der Waals surface area contributed by atoms with E-state index in [4.69, 9.17) is 4.74 Å². The van der Waals surface area contributed by atoms with Gasteiger partial charge in [-0.2, -0.15) is 0 Å². The number of halogens is 3. The maximum Gasteiger partial charge on any atom is 0.573 e. The van der Waals surface area contributed by atoms with Crippen molar-refractivity contribution >= 4 is 17.9 Å². The molecule has 5 atom stereocenters. The van der Waals surface area contributed by atoms with Crippen molar-refractivity contribution in [1.29, 1.82) is 0 Å². The molecule has 0 spiro atoms. The van der Waals surface area contributed by atoms with Crippen molar-refractivity contribution in [2.45, 2.75) is 116 Å². The van der Waals surface area contributed by atoms with E-state index in [1.807, 2.05) is 51.1 Å². The second-order valence-corrected chi connectivity index (χ2v) is 14.4. The van der Waals surface area contributed by atoms with Crippen LogP contribution in [-0.4, -0.2) is 83.7 Å². The van der Waals surface area contributed by atoms with Gasteiger partial charge in [0.05, 0.1) is 12.1 Å². The maximum atomic E-state index is 14.2. The summed E-state index contributed by atoms with van der Waals surface area (Å²) in [5.41, 5.74) is 0.559. The Morgan fingerprint density at radius 3 is 2.08 bits per heavy atom. The van der Waals surface area contributed by atoms with E-state index >= 15 is 0 Å². The first kappa shape index (κ1) is 41.6. The lowest BCUT2D eigenvalue weighted by Crippen LogP contribution is -2.56. The Morgan fingerprint density at radius 1 is 0.922 bits per heavy atom. The number of piperidine rings is 1. The predicted octanol–water partition coefficient (Wildman–Crippen LogP) is 5.76. The lowest BCUT2D eigenvalue weighted by Gasteiger charge is -2.36. The Bertz CT molecular complexity index is 1380. The molecule has 4 N–H and O–H groups in total. The van der Waals surface area contributed by atoms with Gasteiger partial charge in [0, 0.05) is 25.0 Å². The molecule has 1 aliphatic heterocycles. The third kappa shape index (κ3) is 14.4. The highest BCUT2D eigenvalue weighted by Gasteiger charge is 2.36. The van der Waals surface area contributed by atoms with E-state index in [1.165, 1.54) is 24.3 Å². The maximum absolute atomic E-state index is 14.2. The summed E-state index contributed by atoms with van der Waals surface area (Å²) in [6.45, 7) is 13.0. The molecule has 10 nitrogen and oxygen atoms in total. The van der Waals surface area contributed by atoms with Gasteiger partial charge in [0.25, 0.3) is 0 Å². The van der Waals surface area contributed by atoms with E-state index in [1.54, 1.807) is 25.7 Å². The summed E-state index contributed by atoms with van der Waals surface area (Å²) < 4.78 is 47.9. The summed E-state index contributed by atoms with van der Waals surface area (Å²) in [6, 6.07) is 13.1. The zero-order valence-electron chi connectivity index (χ0n) is 30.6. The van der Waals surface area contributed by atoms with Crippen LogP contribution in [0.1, 0.15) is 78.4 Å². The third-order valence-corrected chi connectivity index (χ3v) is 9.08. The minimum Gasteiger partial charge on any atom is -0.444 e. The zero-order valence-corrected chi connectivity index (χ0v) is 30.6. The lowest BCUT2D eigenvalue weighted by molar-refractivity contribution is -0.274. The molecule has 0 saturated carbocycles. The van der Waals surface area contributed by atoms with E-state index in [-0.39, 0.29) is 31.1 Å². The minimum atomic E-state index is -4.86. The van der Waals surface area contributed by atoms with Crippen LogP contribution in [0.25, 0.3) is 0 Å². The number of nitrogens with one attached hydrogen (secondary N) is 3. The number of benzene rings is 2. The standard InChI is InChI=1S/C38H55F3N4O6/c1-7-25(3)33(35(48)45-20-18-29(19-21-45)42-8-2)44-34(47)28(22-27-14-16-30(17-15-27)50-38(39,40)41)24-32(46)31(23-26-12-10-9-11-13-26)43-36(49)51-37(4,5)6/h9-17,25,28-29,31-33,42,46H,7-8,18-24H2,1-6H3,(H,43,49)(H,44,47)/t25-,28+,31-,32-,33-/m0/s1. The van der Waals surface area contributed by atoms with Gasteiger partial charge in [-0.1, -0.05) is 69.7 Å². The van der Waals surface area contributed by atoms with Crippen molar-refractivity contribution in [3.05, 3.63) is 65.7 Å². The van der Waals surface area contributed by atoms with E-state index in [0.717, 1.165) is 24.9 Å². The number of aliphatic hydroxyl groups excluding tert-OH is 1. The third-order valence-electron chi connectivity index (χ3n) is 9.08. The number of carbonyl (C=O) groups excluding carboxylic acids is 3. The van der Waals surface area contributed by atoms with Gasteiger partial charge in [-0.05, 0) is 88.6 Å². The van der Waals surface area contributed by atoms with Crippen molar-refractivity contribution in [3.8, 4) is 5.75 Å². The number of alkyl halides is 3. The fourth-order valence-corrected chi connectivity index (χ4v) is 6.20. The summed E-state index contributed by atoms with van der Waals surface area (Å²) in [5.74, 6) is -2.18. The number of nitrogens with zero attached hydrogens (tertiary/aromatic N) is 1. The van der Waals surface area contributed by atoms with Gasteiger partial charge < -0.3 is 35.4 Å². The highest BCUT2D eigenvalue weighted by Crippen LogP contribution is 2.26. The number of alkyl carbamates (subject to hydrolysis) is 1. The van der Waals surface area contributed by atoms with Crippen LogP contribution in [0.4, 0.5) is 18.0 Å². The number of hydrogen-bond donors (Lipinski definition) is 4. The molecule has 0 aliphatic carbocycles. The molecule has 0 bridgehead atoms. The normalized spacial score (nSPS) is 17.1. The second-order valence-electron chi connectivity index (χ2n) is 14.4. The Kier molecular flexibility index (Phi) is 15.6. The van der Waals surface area contributed by atoms with Crippen molar-refractivity contribution < 1.29 is 42.1 Å². The predicted molar refractivity (Wildman–Crippen MR) is 189 cm³/mol. The Morgan fingerprint density at radius 2 is 1.53 bits per heavy atom. The fraction of sp³-hybridized carbons (Fsp3) is 0.605. The first-order valence-corrected chi connectivity index (χ1v) is 17.9. The molecule has 1 aliphatic rings. The number of hydrogen-bond acceptors (Lipinski definition) is 7. The molecule has 3 amide bonds. The molecule has 0 unspecified atom stereocenters. The summed E-state index contributed by atoms with van der Waals surface area (Å²) in [6.07, 6.45) is -4.47. The average molecular weight is 721 g/mol. The minimum absolute atomic E-state index is 0.0369. The van der Waals surface area contributed by atoms with Crippen molar-refractivity contribution in [2.75, 3.05) is 19.6 Å². The van der Waals surface area contributed by atoms with Gasteiger partial charge in [-0.3, -0.25) is 9.59 Å².